The summed E-state index contributed by atoms with van der Waals surface area (Å²) < 4.78 is 5.85. The number of hydrogen-bond acceptors (Lipinski definition) is 3. The van der Waals surface area contributed by atoms with Crippen LogP contribution in [0.3, 0.4) is 0 Å². The molecule has 1 aliphatic carbocycles. The Bertz CT molecular complexity index is 265. The molecule has 0 amide bonds. The van der Waals surface area contributed by atoms with Gasteiger partial charge in [0.15, 0.2) is 0 Å². The van der Waals surface area contributed by atoms with Gasteiger partial charge in [0.1, 0.15) is 0 Å². The Morgan fingerprint density at radius 3 is 2.71 bits per heavy atom. The van der Waals surface area contributed by atoms with Crippen molar-refractivity contribution in [2.24, 2.45) is 11.7 Å². The third kappa shape index (κ3) is 3.09. The molecule has 0 aromatic heterocycles. The van der Waals surface area contributed by atoms with Crippen LogP contribution in [0.15, 0.2) is 12.2 Å². The largest absolute Gasteiger partial charge is 0.378 e. The van der Waals surface area contributed by atoms with Crippen molar-refractivity contribution in [3.8, 4) is 0 Å². The Hall–Kier alpha value is -0.380. The number of nitrogens with one attached hydrogen (secondary N) is 1. The van der Waals surface area contributed by atoms with Gasteiger partial charge in [-0.05, 0) is 31.6 Å². The van der Waals surface area contributed by atoms with E-state index in [0.29, 0.717) is 18.1 Å². The van der Waals surface area contributed by atoms with E-state index in [-0.39, 0.29) is 5.54 Å². The minimum Gasteiger partial charge on any atom is -0.378 e. The molecule has 0 spiro atoms. The molecule has 17 heavy (non-hydrogen) atoms. The summed E-state index contributed by atoms with van der Waals surface area (Å²) in [5.41, 5.74) is 6.14. The van der Waals surface area contributed by atoms with Crippen LogP contribution in [0.1, 0.15) is 39.5 Å². The van der Waals surface area contributed by atoms with E-state index in [2.05, 4.69) is 31.3 Å². The average molecular weight is 238 g/mol. The summed E-state index contributed by atoms with van der Waals surface area (Å²) in [5.74, 6) is 0.574. The van der Waals surface area contributed by atoms with Gasteiger partial charge < -0.3 is 15.8 Å². The molecular formula is C14H26N2O. The summed E-state index contributed by atoms with van der Waals surface area (Å²) in [7, 11) is 0. The molecule has 1 aliphatic heterocycles. The highest BCUT2D eigenvalue weighted by Crippen LogP contribution is 2.29. The molecule has 0 aromatic rings. The predicted octanol–water partition coefficient (Wildman–Crippen LogP) is 1.83. The van der Waals surface area contributed by atoms with Crippen molar-refractivity contribution in [3.05, 3.63) is 12.2 Å². The molecular weight excluding hydrogens is 212 g/mol. The fraction of sp³-hybridized carbons (Fsp3) is 0.857. The van der Waals surface area contributed by atoms with Gasteiger partial charge >= 0.3 is 0 Å². The van der Waals surface area contributed by atoms with E-state index in [4.69, 9.17) is 10.5 Å². The lowest BCUT2D eigenvalue weighted by Gasteiger charge is -2.44. The van der Waals surface area contributed by atoms with Crippen LogP contribution in [-0.2, 0) is 4.74 Å². The van der Waals surface area contributed by atoms with Crippen LogP contribution in [0.5, 0.6) is 0 Å². The van der Waals surface area contributed by atoms with Crippen molar-refractivity contribution in [3.63, 3.8) is 0 Å². The first-order chi connectivity index (χ1) is 8.15. The van der Waals surface area contributed by atoms with Crippen LogP contribution in [-0.4, -0.2) is 30.8 Å². The fourth-order valence-electron chi connectivity index (χ4n) is 2.92. The molecule has 98 valence electrons. The van der Waals surface area contributed by atoms with E-state index in [1.807, 2.05) is 0 Å². The number of nitrogens with two attached hydrogens (primary N) is 1. The normalized spacial score (nSPS) is 34.7. The van der Waals surface area contributed by atoms with Crippen LogP contribution in [0, 0.1) is 5.92 Å². The maximum absolute atomic E-state index is 6.04. The lowest BCUT2D eigenvalue weighted by atomic mass is 9.82. The lowest BCUT2D eigenvalue weighted by molar-refractivity contribution is -0.0516. The maximum Gasteiger partial charge on any atom is 0.0616 e. The second-order valence-corrected chi connectivity index (χ2v) is 5.88. The van der Waals surface area contributed by atoms with Gasteiger partial charge in [-0.25, -0.2) is 0 Å². The van der Waals surface area contributed by atoms with Crippen molar-refractivity contribution in [2.45, 2.75) is 57.2 Å². The van der Waals surface area contributed by atoms with E-state index < -0.39 is 0 Å². The van der Waals surface area contributed by atoms with Gasteiger partial charge in [0.25, 0.3) is 0 Å². The summed E-state index contributed by atoms with van der Waals surface area (Å²) >= 11 is 0. The van der Waals surface area contributed by atoms with Gasteiger partial charge in [0.05, 0.1) is 6.10 Å². The Morgan fingerprint density at radius 1 is 1.41 bits per heavy atom. The van der Waals surface area contributed by atoms with Gasteiger partial charge in [0.2, 0.25) is 0 Å². The summed E-state index contributed by atoms with van der Waals surface area (Å²) in [6.45, 7) is 6.02. The molecule has 0 saturated carbocycles. The topological polar surface area (TPSA) is 47.3 Å². The molecule has 3 N–H and O–H groups in total. The summed E-state index contributed by atoms with van der Waals surface area (Å²) in [4.78, 5) is 0. The molecule has 2 unspecified atom stereocenters. The highest BCUT2D eigenvalue weighted by Gasteiger charge is 2.38. The van der Waals surface area contributed by atoms with Gasteiger partial charge in [-0.3, -0.25) is 0 Å². The zero-order valence-electron chi connectivity index (χ0n) is 11.1. The molecule has 2 aliphatic rings. The van der Waals surface area contributed by atoms with E-state index >= 15 is 0 Å². The third-order valence-corrected chi connectivity index (χ3v) is 4.16. The average Bonchev–Trinajstić information content (AvgIpc) is 2.82. The molecule has 2 rings (SSSR count). The Balaban J connectivity index is 1.97. The highest BCUT2D eigenvalue weighted by molar-refractivity contribution is 5.03. The second-order valence-electron chi connectivity index (χ2n) is 5.88. The lowest BCUT2D eigenvalue weighted by Crippen LogP contribution is -2.59. The van der Waals surface area contributed by atoms with E-state index in [9.17, 15) is 0 Å². The smallest absolute Gasteiger partial charge is 0.0616 e. The monoisotopic (exact) mass is 238 g/mol. The SMILES string of the molecule is CC(C)C1CC(CN)(NC2CC=CC2)CCO1. The zero-order chi connectivity index (χ0) is 12.3. The summed E-state index contributed by atoms with van der Waals surface area (Å²) in [5, 5.41) is 3.80. The third-order valence-electron chi connectivity index (χ3n) is 4.16. The molecule has 1 heterocycles. The van der Waals surface area contributed by atoms with Crippen LogP contribution in [0.4, 0.5) is 0 Å². The number of ether oxygens (including phenoxy) is 1. The van der Waals surface area contributed by atoms with Crippen molar-refractivity contribution < 1.29 is 4.74 Å². The molecule has 3 nitrogen and oxygen atoms in total. The molecule has 1 fully saturated rings. The Morgan fingerprint density at radius 2 is 2.12 bits per heavy atom. The minimum atomic E-state index is 0.101. The van der Waals surface area contributed by atoms with Crippen molar-refractivity contribution >= 4 is 0 Å². The van der Waals surface area contributed by atoms with E-state index in [1.54, 1.807) is 0 Å². The minimum absolute atomic E-state index is 0.101. The van der Waals surface area contributed by atoms with Crippen molar-refractivity contribution in [2.75, 3.05) is 13.2 Å². The van der Waals surface area contributed by atoms with Gasteiger partial charge in [-0.15, -0.1) is 0 Å². The molecule has 3 heteroatoms. The van der Waals surface area contributed by atoms with Crippen molar-refractivity contribution in [1.29, 1.82) is 0 Å². The zero-order valence-corrected chi connectivity index (χ0v) is 11.1. The summed E-state index contributed by atoms with van der Waals surface area (Å²) in [6, 6.07) is 0.587. The van der Waals surface area contributed by atoms with Gasteiger partial charge in [-0.2, -0.15) is 0 Å². The molecule has 0 aromatic carbocycles. The Kier molecular flexibility index (Phi) is 4.23. The van der Waals surface area contributed by atoms with Crippen LogP contribution in [0.2, 0.25) is 0 Å². The first-order valence-electron chi connectivity index (χ1n) is 6.89. The number of rotatable bonds is 4. The Labute approximate surface area is 105 Å². The van der Waals surface area contributed by atoms with E-state index in [1.165, 1.54) is 0 Å². The summed E-state index contributed by atoms with van der Waals surface area (Å²) in [6.07, 6.45) is 9.28. The quantitative estimate of drug-likeness (QED) is 0.735. The standard InChI is InChI=1S/C14H26N2O/c1-11(2)13-9-14(10-15,7-8-17-13)16-12-5-3-4-6-12/h3-4,11-13,16H,5-10,15H2,1-2H3. The van der Waals surface area contributed by atoms with Gasteiger partial charge in [-0.1, -0.05) is 26.0 Å². The fourth-order valence-corrected chi connectivity index (χ4v) is 2.92. The van der Waals surface area contributed by atoms with Crippen molar-refractivity contribution in [1.82, 2.24) is 5.32 Å². The predicted molar refractivity (Wildman–Crippen MR) is 70.9 cm³/mol. The molecule has 2 atom stereocenters. The van der Waals surface area contributed by atoms with E-state index in [0.717, 1.165) is 38.8 Å². The number of hydrogen-bond donors (Lipinski definition) is 2. The molecule has 0 radical (unpaired) electrons. The first kappa shape index (κ1) is 13.1. The highest BCUT2D eigenvalue weighted by atomic mass is 16.5. The van der Waals surface area contributed by atoms with Gasteiger partial charge in [0, 0.05) is 24.7 Å². The van der Waals surface area contributed by atoms with Crippen LogP contribution < -0.4 is 11.1 Å². The first-order valence-corrected chi connectivity index (χ1v) is 6.89. The second kappa shape index (κ2) is 5.51. The molecule has 0 bridgehead atoms. The van der Waals surface area contributed by atoms with Crippen LogP contribution in [0.25, 0.3) is 0 Å². The maximum atomic E-state index is 6.04. The van der Waals surface area contributed by atoms with Crippen LogP contribution >= 0.6 is 0 Å². The molecule has 1 saturated heterocycles.